The van der Waals surface area contributed by atoms with E-state index in [2.05, 4.69) is 0 Å². The van der Waals surface area contributed by atoms with Gasteiger partial charge in [-0.15, -0.1) is 0 Å². The third-order valence-electron chi connectivity index (χ3n) is 0.927. The molecule has 0 unspecified atom stereocenters. The Balaban J connectivity index is 3.90. The maximum atomic E-state index is 10.0. The van der Waals surface area contributed by atoms with E-state index in [1.54, 1.807) is 13.8 Å². The average Bonchev–Trinajstić information content (AvgIpc) is 1.67. The summed E-state index contributed by atoms with van der Waals surface area (Å²) in [4.78, 5) is 10.0. The lowest BCUT2D eigenvalue weighted by atomic mass is 10.1. The third-order valence-corrected chi connectivity index (χ3v) is 1.98. The molecule has 0 N–H and O–H groups in total. The van der Waals surface area contributed by atoms with Gasteiger partial charge in [-0.25, -0.2) is 0 Å². The lowest BCUT2D eigenvalue weighted by Crippen LogP contribution is -2.21. The molecule has 0 heterocycles. The molecule has 0 spiro atoms. The zero-order valence-corrected chi connectivity index (χ0v) is 6.33. The Hall–Kier alpha value is 0.250. The lowest BCUT2D eigenvalue weighted by Gasteiger charge is -2.14. The highest BCUT2D eigenvalue weighted by molar-refractivity contribution is 6.55. The number of aldehydes is 1. The van der Waals surface area contributed by atoms with E-state index in [1.165, 1.54) is 0 Å². The van der Waals surface area contributed by atoms with Crippen LogP contribution in [0.1, 0.15) is 13.8 Å². The molecule has 1 nitrogen and oxygen atoms in total. The van der Waals surface area contributed by atoms with Gasteiger partial charge < -0.3 is 4.79 Å². The maximum absolute atomic E-state index is 10.0. The van der Waals surface area contributed by atoms with Crippen molar-refractivity contribution in [3.05, 3.63) is 0 Å². The molecule has 0 aromatic rings. The number of rotatable bonds is 2. The average molecular weight is 155 g/mol. The van der Waals surface area contributed by atoms with E-state index in [0.29, 0.717) is 6.29 Å². The quantitative estimate of drug-likeness (QED) is 0.440. The van der Waals surface area contributed by atoms with Gasteiger partial charge in [0.1, 0.15) is 0 Å². The van der Waals surface area contributed by atoms with Gasteiger partial charge in [-0.3, -0.25) is 0 Å². The van der Waals surface area contributed by atoms with Crippen LogP contribution < -0.4 is 0 Å². The molecule has 0 amide bonds. The summed E-state index contributed by atoms with van der Waals surface area (Å²) in [6.45, 7) is 3.57. The molecule has 0 aliphatic rings. The largest absolute Gasteiger partial charge is 0.300 e. The van der Waals surface area contributed by atoms with E-state index in [9.17, 15) is 4.79 Å². The summed E-state index contributed by atoms with van der Waals surface area (Å²) < 4.78 is -1.19. The summed E-state index contributed by atoms with van der Waals surface area (Å²) in [6, 6.07) is 0. The highest BCUT2D eigenvalue weighted by atomic mass is 35.5. The van der Waals surface area contributed by atoms with E-state index in [4.69, 9.17) is 23.2 Å². The van der Waals surface area contributed by atoms with Crippen molar-refractivity contribution in [1.29, 1.82) is 0 Å². The van der Waals surface area contributed by atoms with Crippen LogP contribution in [0.5, 0.6) is 0 Å². The molecule has 8 heavy (non-hydrogen) atoms. The van der Waals surface area contributed by atoms with Gasteiger partial charge in [0.25, 0.3) is 0 Å². The van der Waals surface area contributed by atoms with Crippen LogP contribution in [0.2, 0.25) is 0 Å². The van der Waals surface area contributed by atoms with E-state index >= 15 is 0 Å². The lowest BCUT2D eigenvalue weighted by molar-refractivity contribution is -0.109. The molecule has 0 saturated heterocycles. The molecular weight excluding hydrogens is 147 g/mol. The summed E-state index contributed by atoms with van der Waals surface area (Å²) in [5, 5.41) is 0. The zero-order chi connectivity index (χ0) is 6.78. The zero-order valence-electron chi connectivity index (χ0n) is 4.82. The number of halogens is 2. The number of hydrogen-bond donors (Lipinski definition) is 0. The number of carbonyl (C=O) groups excluding carboxylic acids is 1. The molecule has 0 atom stereocenters. The molecule has 0 fully saturated rings. The standard InChI is InChI=1S/C5H8Cl2O/c1-4(2)5(6,7)3-8/h3-4H,1-2H3. The highest BCUT2D eigenvalue weighted by Gasteiger charge is 2.26. The second-order valence-electron chi connectivity index (χ2n) is 1.95. The van der Waals surface area contributed by atoms with Gasteiger partial charge in [0.05, 0.1) is 0 Å². The minimum Gasteiger partial charge on any atom is -0.300 e. The Kier molecular flexibility index (Phi) is 2.78. The van der Waals surface area contributed by atoms with Crippen molar-refractivity contribution in [2.24, 2.45) is 5.92 Å². The Morgan fingerprint density at radius 1 is 1.50 bits per heavy atom. The van der Waals surface area contributed by atoms with Gasteiger partial charge in [0, 0.05) is 0 Å². The first-order valence-corrected chi connectivity index (χ1v) is 3.10. The van der Waals surface area contributed by atoms with Crippen LogP contribution in [-0.4, -0.2) is 10.6 Å². The second kappa shape index (κ2) is 2.70. The van der Waals surface area contributed by atoms with Crippen molar-refractivity contribution >= 4 is 29.5 Å². The monoisotopic (exact) mass is 154 g/mol. The topological polar surface area (TPSA) is 17.1 Å². The van der Waals surface area contributed by atoms with Crippen LogP contribution in [0, 0.1) is 5.92 Å². The molecule has 0 bridgehead atoms. The molecular formula is C5H8Cl2O. The number of hydrogen-bond acceptors (Lipinski definition) is 1. The first kappa shape index (κ1) is 8.25. The van der Waals surface area contributed by atoms with Crippen LogP contribution in [0.4, 0.5) is 0 Å². The maximum Gasteiger partial charge on any atom is 0.175 e. The fraction of sp³-hybridized carbons (Fsp3) is 0.800. The molecule has 0 aromatic carbocycles. The van der Waals surface area contributed by atoms with Crippen molar-refractivity contribution in [2.45, 2.75) is 18.2 Å². The molecule has 0 aromatic heterocycles. The van der Waals surface area contributed by atoms with Gasteiger partial charge in [0.15, 0.2) is 10.6 Å². The highest BCUT2D eigenvalue weighted by Crippen LogP contribution is 2.26. The molecule has 0 aliphatic carbocycles. The first-order valence-electron chi connectivity index (χ1n) is 2.35. The minimum atomic E-state index is -1.19. The molecule has 0 radical (unpaired) electrons. The predicted octanol–water partition coefficient (Wildman–Crippen LogP) is 2.02. The van der Waals surface area contributed by atoms with Crippen molar-refractivity contribution in [1.82, 2.24) is 0 Å². The smallest absolute Gasteiger partial charge is 0.175 e. The number of alkyl halides is 2. The molecule has 0 aliphatic heterocycles. The van der Waals surface area contributed by atoms with Gasteiger partial charge in [-0.1, -0.05) is 37.0 Å². The fourth-order valence-corrected chi connectivity index (χ4v) is 0.136. The van der Waals surface area contributed by atoms with Gasteiger partial charge in [0.2, 0.25) is 0 Å². The van der Waals surface area contributed by atoms with Gasteiger partial charge >= 0.3 is 0 Å². The Bertz CT molecular complexity index is 88.4. The van der Waals surface area contributed by atoms with E-state index in [1.807, 2.05) is 0 Å². The first-order chi connectivity index (χ1) is 3.50. The Morgan fingerprint density at radius 2 is 1.88 bits per heavy atom. The minimum absolute atomic E-state index is 0.0247. The van der Waals surface area contributed by atoms with Gasteiger partial charge in [-0.05, 0) is 5.92 Å². The van der Waals surface area contributed by atoms with Crippen molar-refractivity contribution in [3.63, 3.8) is 0 Å². The van der Waals surface area contributed by atoms with Crippen LogP contribution >= 0.6 is 23.2 Å². The molecule has 48 valence electrons. The molecule has 0 saturated carbocycles. The predicted molar refractivity (Wildman–Crippen MR) is 35.3 cm³/mol. The van der Waals surface area contributed by atoms with E-state index in [-0.39, 0.29) is 5.92 Å². The van der Waals surface area contributed by atoms with Crippen LogP contribution in [-0.2, 0) is 4.79 Å². The summed E-state index contributed by atoms with van der Waals surface area (Å²) in [5.74, 6) is -0.0247. The van der Waals surface area contributed by atoms with Crippen molar-refractivity contribution in [3.8, 4) is 0 Å². The summed E-state index contributed by atoms with van der Waals surface area (Å²) in [7, 11) is 0. The second-order valence-corrected chi connectivity index (χ2v) is 3.39. The van der Waals surface area contributed by atoms with Crippen LogP contribution in [0.25, 0.3) is 0 Å². The van der Waals surface area contributed by atoms with Crippen LogP contribution in [0.15, 0.2) is 0 Å². The SMILES string of the molecule is CC(C)C(Cl)(Cl)C=O. The summed E-state index contributed by atoms with van der Waals surface area (Å²) in [5.41, 5.74) is 0. The summed E-state index contributed by atoms with van der Waals surface area (Å²) in [6.07, 6.45) is 0.542. The van der Waals surface area contributed by atoms with Crippen LogP contribution in [0.3, 0.4) is 0 Å². The normalized spacial score (nSPS) is 12.1. The van der Waals surface area contributed by atoms with E-state index in [0.717, 1.165) is 0 Å². The fourth-order valence-electron chi connectivity index (χ4n) is 0.136. The third kappa shape index (κ3) is 2.01. The van der Waals surface area contributed by atoms with Gasteiger partial charge in [-0.2, -0.15) is 0 Å². The van der Waals surface area contributed by atoms with Crippen molar-refractivity contribution < 1.29 is 4.79 Å². The summed E-state index contributed by atoms with van der Waals surface area (Å²) >= 11 is 10.9. The Morgan fingerprint density at radius 3 is 1.88 bits per heavy atom. The van der Waals surface area contributed by atoms with E-state index < -0.39 is 4.33 Å². The number of carbonyl (C=O) groups is 1. The Labute approximate surface area is 59.0 Å². The molecule has 3 heteroatoms. The molecule has 0 rings (SSSR count). The van der Waals surface area contributed by atoms with Crippen molar-refractivity contribution in [2.75, 3.05) is 0 Å².